The zero-order chi connectivity index (χ0) is 42.8. The summed E-state index contributed by atoms with van der Waals surface area (Å²) in [5.41, 5.74) is 8.28. The fourth-order valence-electron chi connectivity index (χ4n) is 9.64. The van der Waals surface area contributed by atoms with Crippen molar-refractivity contribution in [2.75, 3.05) is 12.3 Å². The molecule has 0 unspecified atom stereocenters. The number of nitrogens with zero attached hydrogens (tertiary/aromatic N) is 2. The van der Waals surface area contributed by atoms with Crippen LogP contribution in [0.5, 0.6) is 0 Å². The number of benzene rings is 4. The second-order valence-corrected chi connectivity index (χ2v) is 17.9. The molecule has 0 aliphatic heterocycles. The third kappa shape index (κ3) is 10.3. The smallest absolute Gasteiger partial charge is 0.384 e. The molecule has 1 aromatic heterocycles. The number of aromatic amines is 1. The van der Waals surface area contributed by atoms with Gasteiger partial charge in [-0.2, -0.15) is 0 Å². The zero-order valence-electron chi connectivity index (χ0n) is 35.9. The van der Waals surface area contributed by atoms with Gasteiger partial charge < -0.3 is 10.3 Å². The van der Waals surface area contributed by atoms with Crippen molar-refractivity contribution in [3.8, 4) is 11.1 Å². The molecule has 4 aromatic carbocycles. The van der Waals surface area contributed by atoms with Crippen LogP contribution in [0.1, 0.15) is 135 Å². The number of fused-ring (bicyclic) bond motifs is 3. The van der Waals surface area contributed by atoms with Crippen LogP contribution in [0.15, 0.2) is 109 Å². The van der Waals surface area contributed by atoms with E-state index in [1.165, 1.54) is 56.1 Å². The number of H-pyrrole nitrogens is 1. The molecule has 1 heterocycles. The number of imidazole rings is 1. The minimum atomic E-state index is -4.89. The third-order valence-corrected chi connectivity index (χ3v) is 13.9. The maximum atomic E-state index is 15.5. The van der Waals surface area contributed by atoms with Crippen LogP contribution in [0.4, 0.5) is 13.2 Å². The number of nitrogens with one attached hydrogen (secondary N) is 2. The van der Waals surface area contributed by atoms with Crippen molar-refractivity contribution >= 4 is 23.4 Å². The van der Waals surface area contributed by atoms with E-state index in [0.717, 1.165) is 76.8 Å². The summed E-state index contributed by atoms with van der Waals surface area (Å²) in [6, 6.07) is 30.0. The molecule has 2 aliphatic rings. The molecule has 0 bridgehead atoms. The van der Waals surface area contributed by atoms with Crippen LogP contribution in [-0.2, 0) is 36.0 Å². The first-order valence-corrected chi connectivity index (χ1v) is 23.5. The number of hydrogen-bond donors (Lipinski definition) is 2. The van der Waals surface area contributed by atoms with Gasteiger partial charge in [-0.3, -0.25) is 4.79 Å². The standard InChI is InChI=1S/C52H61F3N4OS/c1-4-40-34-39(25-24-38-26-29-42(30-27-38)41-18-10-7-6-8-11-19-41)28-31-43(40)36-59(52(53,54)55)49(60)51(46-22-14-12-20-44(46)45-21-13-15-23-47(45)51)32-16-9-17-33-61-50-57-35-48(58-50)37(3)56-5-2/h12-15,20-23,26-31,34-35,41,56H,3-11,16-19,24-25,32-33,36H2,1-2H3,(H,57,58). The molecule has 1 fully saturated rings. The van der Waals surface area contributed by atoms with Crippen molar-refractivity contribution in [1.29, 1.82) is 0 Å². The summed E-state index contributed by atoms with van der Waals surface area (Å²) >= 11 is 1.60. The third-order valence-electron chi connectivity index (χ3n) is 12.9. The number of halogens is 3. The van der Waals surface area contributed by atoms with Gasteiger partial charge in [0.25, 0.3) is 0 Å². The molecular weight excluding hydrogens is 786 g/mol. The van der Waals surface area contributed by atoms with Crippen LogP contribution < -0.4 is 5.32 Å². The van der Waals surface area contributed by atoms with E-state index in [1.54, 1.807) is 18.0 Å². The van der Waals surface area contributed by atoms with Crippen molar-refractivity contribution < 1.29 is 18.0 Å². The van der Waals surface area contributed by atoms with E-state index in [0.29, 0.717) is 35.4 Å². The Morgan fingerprint density at radius 1 is 0.836 bits per heavy atom. The lowest BCUT2D eigenvalue weighted by molar-refractivity contribution is -0.246. The van der Waals surface area contributed by atoms with Crippen LogP contribution in [0.3, 0.4) is 0 Å². The highest BCUT2D eigenvalue weighted by Gasteiger charge is 2.55. The Hall–Kier alpha value is -4.76. The van der Waals surface area contributed by atoms with E-state index in [2.05, 4.69) is 46.1 Å². The Kier molecular flexibility index (Phi) is 14.8. The van der Waals surface area contributed by atoms with Crippen molar-refractivity contribution in [3.05, 3.63) is 148 Å². The van der Waals surface area contributed by atoms with Crippen LogP contribution >= 0.6 is 11.8 Å². The number of hydrogen-bond acceptors (Lipinski definition) is 4. The van der Waals surface area contributed by atoms with E-state index in [4.69, 9.17) is 0 Å². The number of alkyl halides is 3. The van der Waals surface area contributed by atoms with Crippen molar-refractivity contribution in [1.82, 2.24) is 20.2 Å². The van der Waals surface area contributed by atoms with Gasteiger partial charge in [0.15, 0.2) is 5.16 Å². The maximum Gasteiger partial charge on any atom is 0.487 e. The molecule has 61 heavy (non-hydrogen) atoms. The predicted octanol–water partition coefficient (Wildman–Crippen LogP) is 13.3. The minimum Gasteiger partial charge on any atom is -0.384 e. The average Bonchev–Trinajstić information content (AvgIpc) is 3.85. The molecular formula is C52H61F3N4OS. The van der Waals surface area contributed by atoms with Gasteiger partial charge >= 0.3 is 6.30 Å². The molecule has 0 radical (unpaired) electrons. The largest absolute Gasteiger partial charge is 0.487 e. The van der Waals surface area contributed by atoms with Gasteiger partial charge in [0.2, 0.25) is 5.91 Å². The van der Waals surface area contributed by atoms with Gasteiger partial charge in [-0.1, -0.05) is 161 Å². The summed E-state index contributed by atoms with van der Waals surface area (Å²) in [4.78, 5) is 23.1. The molecule has 5 nitrogen and oxygen atoms in total. The first kappa shape index (κ1) is 44.3. The van der Waals surface area contributed by atoms with Crippen LogP contribution in [0.2, 0.25) is 0 Å². The minimum absolute atomic E-state index is 0.198. The molecule has 322 valence electrons. The lowest BCUT2D eigenvalue weighted by Gasteiger charge is -2.37. The van der Waals surface area contributed by atoms with Crippen molar-refractivity contribution in [2.24, 2.45) is 0 Å². The van der Waals surface area contributed by atoms with Gasteiger partial charge in [0.05, 0.1) is 24.1 Å². The Morgan fingerprint density at radius 3 is 2.13 bits per heavy atom. The number of aromatic nitrogens is 2. The highest BCUT2D eigenvalue weighted by molar-refractivity contribution is 7.99. The highest BCUT2D eigenvalue weighted by Crippen LogP contribution is 2.53. The van der Waals surface area contributed by atoms with E-state index < -0.39 is 24.2 Å². The van der Waals surface area contributed by atoms with E-state index in [-0.39, 0.29) is 11.3 Å². The second kappa shape index (κ2) is 20.4. The summed E-state index contributed by atoms with van der Waals surface area (Å²) in [5, 5.41) is 3.99. The summed E-state index contributed by atoms with van der Waals surface area (Å²) < 4.78 is 46.4. The normalized spacial score (nSPS) is 15.1. The van der Waals surface area contributed by atoms with Gasteiger partial charge in [-0.15, -0.1) is 13.2 Å². The lowest BCUT2D eigenvalue weighted by Crippen LogP contribution is -2.52. The SMILES string of the molecule is C=C(NCC)c1cnc(SCCCCCC2(C(=O)N(Cc3ccc(CCc4ccc(C5CCCCCCC5)cc4)cc3CC)C(F)(F)F)c3ccccc3-c3ccccc32)[nH]1. The number of carbonyl (C=O) groups excluding carboxylic acids is 1. The number of aryl methyl sites for hydroxylation is 3. The molecule has 0 atom stereocenters. The topological polar surface area (TPSA) is 61.0 Å². The first-order valence-electron chi connectivity index (χ1n) is 22.5. The fourth-order valence-corrected chi connectivity index (χ4v) is 10.5. The lowest BCUT2D eigenvalue weighted by atomic mass is 9.72. The van der Waals surface area contributed by atoms with E-state index in [1.807, 2.05) is 80.6 Å². The monoisotopic (exact) mass is 846 g/mol. The molecule has 9 heteroatoms. The van der Waals surface area contributed by atoms with Crippen molar-refractivity contribution in [2.45, 2.75) is 133 Å². The Balaban J connectivity index is 1.07. The Labute approximate surface area is 365 Å². The van der Waals surface area contributed by atoms with Crippen LogP contribution in [0, 0.1) is 0 Å². The number of unbranched alkanes of at least 4 members (excludes halogenated alkanes) is 2. The summed E-state index contributed by atoms with van der Waals surface area (Å²) in [5.74, 6) is 0.521. The van der Waals surface area contributed by atoms with Crippen LogP contribution in [0.25, 0.3) is 16.8 Å². The molecule has 1 amide bonds. The van der Waals surface area contributed by atoms with E-state index in [9.17, 15) is 0 Å². The Bertz CT molecular complexity index is 2190. The summed E-state index contributed by atoms with van der Waals surface area (Å²) in [6.07, 6.45) is 10.7. The quantitative estimate of drug-likeness (QED) is 0.0524. The highest BCUT2D eigenvalue weighted by atomic mass is 32.2. The van der Waals surface area contributed by atoms with E-state index >= 15 is 18.0 Å². The molecule has 0 saturated heterocycles. The molecule has 2 N–H and O–H groups in total. The van der Waals surface area contributed by atoms with Gasteiger partial charge in [-0.05, 0) is 108 Å². The molecule has 5 aromatic rings. The Morgan fingerprint density at radius 2 is 1.48 bits per heavy atom. The molecule has 7 rings (SSSR count). The van der Waals surface area contributed by atoms with Crippen molar-refractivity contribution in [3.63, 3.8) is 0 Å². The molecule has 2 aliphatic carbocycles. The maximum absolute atomic E-state index is 15.5. The van der Waals surface area contributed by atoms with Crippen LogP contribution in [-0.4, -0.2) is 39.4 Å². The second-order valence-electron chi connectivity index (χ2n) is 16.9. The number of carbonyl (C=O) groups is 1. The number of amides is 1. The fraction of sp³-hybridized carbons (Fsp3) is 0.423. The molecule has 0 spiro atoms. The predicted molar refractivity (Wildman–Crippen MR) is 244 cm³/mol. The number of thioether (sulfide) groups is 1. The molecule has 1 saturated carbocycles. The summed E-state index contributed by atoms with van der Waals surface area (Å²) in [6.45, 7) is 8.26. The number of rotatable bonds is 18. The summed E-state index contributed by atoms with van der Waals surface area (Å²) in [7, 11) is 0. The zero-order valence-corrected chi connectivity index (χ0v) is 36.7. The average molecular weight is 847 g/mol. The van der Waals surface area contributed by atoms with Gasteiger partial charge in [0, 0.05) is 12.3 Å². The first-order chi connectivity index (χ1) is 29.6. The van der Waals surface area contributed by atoms with Gasteiger partial charge in [0.1, 0.15) is 5.41 Å². The van der Waals surface area contributed by atoms with Gasteiger partial charge in [-0.25, -0.2) is 9.88 Å².